The number of rotatable bonds is 4. The van der Waals surface area contributed by atoms with Crippen LogP contribution in [0.1, 0.15) is 12.8 Å². The first-order chi connectivity index (χ1) is 10.1. The summed E-state index contributed by atoms with van der Waals surface area (Å²) in [5.41, 5.74) is 0.528. The van der Waals surface area contributed by atoms with Crippen LogP contribution in [-0.4, -0.2) is 26.5 Å². The molecule has 112 valence electrons. The molecule has 0 bridgehead atoms. The minimum Gasteiger partial charge on any atom is -0.355 e. The summed E-state index contributed by atoms with van der Waals surface area (Å²) in [7, 11) is -3.60. The van der Waals surface area contributed by atoms with Crippen molar-refractivity contribution in [3.63, 3.8) is 0 Å². The van der Waals surface area contributed by atoms with Gasteiger partial charge in [-0.25, -0.2) is 13.4 Å². The molecule has 0 radical (unpaired) electrons. The number of pyridine rings is 1. The zero-order valence-electron chi connectivity index (χ0n) is 11.1. The maximum Gasteiger partial charge on any atom is 0.272 e. The van der Waals surface area contributed by atoms with Gasteiger partial charge in [-0.3, -0.25) is 4.72 Å². The predicted molar refractivity (Wildman–Crippen MR) is 88.5 cm³/mol. The molecule has 2 aromatic heterocycles. The Balaban J connectivity index is 1.93. The number of hydrogen-bond acceptors (Lipinski definition) is 5. The molecule has 1 aliphatic heterocycles. The zero-order chi connectivity index (χ0) is 14.9. The number of nitrogens with zero attached hydrogens (tertiary/aromatic N) is 2. The summed E-state index contributed by atoms with van der Waals surface area (Å²) in [4.78, 5) is 6.45. The van der Waals surface area contributed by atoms with Crippen LogP contribution < -0.4 is 9.62 Å². The topological polar surface area (TPSA) is 62.3 Å². The van der Waals surface area contributed by atoms with E-state index in [0.29, 0.717) is 16.0 Å². The van der Waals surface area contributed by atoms with Gasteiger partial charge in [-0.1, -0.05) is 0 Å². The Hall–Kier alpha value is -1.12. The molecule has 5 nitrogen and oxygen atoms in total. The first-order valence-corrected chi connectivity index (χ1v) is 9.69. The summed E-state index contributed by atoms with van der Waals surface area (Å²) in [6, 6.07) is 5.21. The van der Waals surface area contributed by atoms with Crippen LogP contribution in [0.4, 0.5) is 11.5 Å². The summed E-state index contributed by atoms with van der Waals surface area (Å²) in [5.74, 6) is 0.700. The maximum atomic E-state index is 12.5. The Morgan fingerprint density at radius 3 is 2.71 bits per heavy atom. The van der Waals surface area contributed by atoms with Gasteiger partial charge in [-0.05, 0) is 52.4 Å². The van der Waals surface area contributed by atoms with E-state index in [4.69, 9.17) is 0 Å². The van der Waals surface area contributed by atoms with Crippen LogP contribution in [0.25, 0.3) is 0 Å². The molecule has 0 spiro atoms. The number of sulfonamides is 1. The third kappa shape index (κ3) is 3.07. The predicted octanol–water partition coefficient (Wildman–Crippen LogP) is 3.31. The van der Waals surface area contributed by atoms with E-state index < -0.39 is 10.0 Å². The Kier molecular flexibility index (Phi) is 4.19. The lowest BCUT2D eigenvalue weighted by atomic mass is 10.4. The Bertz CT molecular complexity index is 739. The first kappa shape index (κ1) is 14.8. The number of aromatic nitrogens is 1. The summed E-state index contributed by atoms with van der Waals surface area (Å²) in [6.07, 6.45) is 3.91. The van der Waals surface area contributed by atoms with Gasteiger partial charge in [0.1, 0.15) is 0 Å². The van der Waals surface area contributed by atoms with Crippen LogP contribution in [0.3, 0.4) is 0 Å². The monoisotopic (exact) mass is 387 g/mol. The van der Waals surface area contributed by atoms with Crippen molar-refractivity contribution in [2.75, 3.05) is 22.7 Å². The van der Waals surface area contributed by atoms with Crippen LogP contribution in [0, 0.1) is 0 Å². The van der Waals surface area contributed by atoms with Crippen molar-refractivity contribution in [2.45, 2.75) is 17.1 Å². The summed E-state index contributed by atoms with van der Waals surface area (Å²) in [6.45, 7) is 1.82. The highest BCUT2D eigenvalue weighted by molar-refractivity contribution is 9.10. The van der Waals surface area contributed by atoms with Gasteiger partial charge in [0.2, 0.25) is 0 Å². The molecule has 1 saturated heterocycles. The fourth-order valence-electron chi connectivity index (χ4n) is 2.32. The number of thiophene rings is 1. The van der Waals surface area contributed by atoms with E-state index in [9.17, 15) is 8.42 Å². The second-order valence-corrected chi connectivity index (χ2v) is 8.38. The van der Waals surface area contributed by atoms with Gasteiger partial charge in [-0.2, -0.15) is 0 Å². The average Bonchev–Trinajstić information content (AvgIpc) is 3.10. The van der Waals surface area contributed by atoms with Crippen LogP contribution in [0.5, 0.6) is 0 Å². The standard InChI is InChI=1S/C13H14BrN3O2S2/c14-10-5-9-20-13(10)21(18,19)16-11-4-3-6-15-12(11)17-7-1-2-8-17/h3-6,9,16H,1-2,7-8H2. The van der Waals surface area contributed by atoms with Crippen LogP contribution in [0.2, 0.25) is 0 Å². The molecular formula is C13H14BrN3O2S2. The van der Waals surface area contributed by atoms with Crippen molar-refractivity contribution in [3.8, 4) is 0 Å². The van der Waals surface area contributed by atoms with E-state index >= 15 is 0 Å². The summed E-state index contributed by atoms with van der Waals surface area (Å²) >= 11 is 4.45. The molecule has 0 aliphatic carbocycles. The van der Waals surface area contributed by atoms with Gasteiger partial charge < -0.3 is 4.90 Å². The molecule has 0 atom stereocenters. The van der Waals surface area contributed by atoms with Crippen molar-refractivity contribution >= 4 is 48.8 Å². The largest absolute Gasteiger partial charge is 0.355 e. The quantitative estimate of drug-likeness (QED) is 0.873. The molecule has 0 unspecified atom stereocenters. The highest BCUT2D eigenvalue weighted by atomic mass is 79.9. The van der Waals surface area contributed by atoms with Gasteiger partial charge in [0.05, 0.1) is 5.69 Å². The fraction of sp³-hybridized carbons (Fsp3) is 0.308. The van der Waals surface area contributed by atoms with Crippen molar-refractivity contribution in [3.05, 3.63) is 34.2 Å². The maximum absolute atomic E-state index is 12.5. The highest BCUT2D eigenvalue weighted by Crippen LogP contribution is 2.32. The van der Waals surface area contributed by atoms with E-state index in [2.05, 4.69) is 30.5 Å². The lowest BCUT2D eigenvalue weighted by Gasteiger charge is -2.20. The smallest absolute Gasteiger partial charge is 0.272 e. The van der Waals surface area contributed by atoms with Crippen LogP contribution in [-0.2, 0) is 10.0 Å². The molecule has 2 aromatic rings. The normalized spacial score (nSPS) is 15.4. The molecule has 1 N–H and O–H groups in total. The highest BCUT2D eigenvalue weighted by Gasteiger charge is 2.23. The van der Waals surface area contributed by atoms with Crippen LogP contribution in [0.15, 0.2) is 38.5 Å². The second-order valence-electron chi connectivity index (χ2n) is 4.73. The number of anilines is 2. The third-order valence-corrected chi connectivity index (χ3v) is 7.30. The van der Waals surface area contributed by atoms with Crippen molar-refractivity contribution in [2.24, 2.45) is 0 Å². The lowest BCUT2D eigenvalue weighted by Crippen LogP contribution is -2.22. The minimum atomic E-state index is -3.60. The van der Waals surface area contributed by atoms with E-state index in [1.54, 1.807) is 29.8 Å². The Labute approximate surface area is 136 Å². The van der Waals surface area contributed by atoms with Crippen molar-refractivity contribution in [1.82, 2.24) is 4.98 Å². The lowest BCUT2D eigenvalue weighted by molar-refractivity contribution is 0.602. The fourth-order valence-corrected chi connectivity index (χ4v) is 5.72. The van der Waals surface area contributed by atoms with Gasteiger partial charge in [0, 0.05) is 23.8 Å². The van der Waals surface area contributed by atoms with E-state index in [-0.39, 0.29) is 4.21 Å². The molecule has 21 heavy (non-hydrogen) atoms. The van der Waals surface area contributed by atoms with Gasteiger partial charge in [-0.15, -0.1) is 11.3 Å². The number of nitrogens with one attached hydrogen (secondary N) is 1. The Morgan fingerprint density at radius 1 is 1.29 bits per heavy atom. The van der Waals surface area contributed by atoms with E-state index in [1.165, 1.54) is 11.3 Å². The molecule has 1 aliphatic rings. The zero-order valence-corrected chi connectivity index (χ0v) is 14.3. The molecule has 0 aromatic carbocycles. The number of halogens is 1. The number of hydrogen-bond donors (Lipinski definition) is 1. The Morgan fingerprint density at radius 2 is 2.05 bits per heavy atom. The van der Waals surface area contributed by atoms with Gasteiger partial charge in [0.15, 0.2) is 10.0 Å². The molecule has 3 heterocycles. The SMILES string of the molecule is O=S(=O)(Nc1cccnc1N1CCCC1)c1sccc1Br. The molecule has 8 heteroatoms. The van der Waals surface area contributed by atoms with E-state index in [1.807, 2.05) is 0 Å². The first-order valence-electron chi connectivity index (χ1n) is 6.54. The van der Waals surface area contributed by atoms with Gasteiger partial charge in [0.25, 0.3) is 10.0 Å². The minimum absolute atomic E-state index is 0.277. The summed E-state index contributed by atoms with van der Waals surface area (Å²) in [5, 5.41) is 1.74. The van der Waals surface area contributed by atoms with Crippen molar-refractivity contribution < 1.29 is 8.42 Å². The molecular weight excluding hydrogens is 374 g/mol. The van der Waals surface area contributed by atoms with E-state index in [0.717, 1.165) is 25.9 Å². The molecule has 1 fully saturated rings. The van der Waals surface area contributed by atoms with Crippen molar-refractivity contribution in [1.29, 1.82) is 0 Å². The van der Waals surface area contributed by atoms with Crippen LogP contribution >= 0.6 is 27.3 Å². The molecule has 0 amide bonds. The summed E-state index contributed by atoms with van der Waals surface area (Å²) < 4.78 is 28.5. The molecule has 3 rings (SSSR count). The van der Waals surface area contributed by atoms with Gasteiger partial charge >= 0.3 is 0 Å². The third-order valence-electron chi connectivity index (χ3n) is 3.27. The second kappa shape index (κ2) is 5.94. The molecule has 0 saturated carbocycles. The average molecular weight is 388 g/mol.